The van der Waals surface area contributed by atoms with E-state index < -0.39 is 0 Å². The third kappa shape index (κ3) is 4.21. The lowest BCUT2D eigenvalue weighted by molar-refractivity contribution is 0.0712. The van der Waals surface area contributed by atoms with Crippen molar-refractivity contribution in [2.24, 2.45) is 11.3 Å². The first-order valence-electron chi connectivity index (χ1n) is 9.02. The predicted molar refractivity (Wildman–Crippen MR) is 88.1 cm³/mol. The van der Waals surface area contributed by atoms with E-state index in [-0.39, 0.29) is 0 Å². The lowest BCUT2D eigenvalue weighted by atomic mass is 9.69. The highest BCUT2D eigenvalue weighted by Crippen LogP contribution is 2.41. The van der Waals surface area contributed by atoms with Crippen molar-refractivity contribution in [3.05, 3.63) is 0 Å². The van der Waals surface area contributed by atoms with Gasteiger partial charge in [-0.2, -0.15) is 0 Å². The van der Waals surface area contributed by atoms with Gasteiger partial charge in [-0.1, -0.05) is 40.5 Å². The third-order valence-corrected chi connectivity index (χ3v) is 5.58. The Bertz CT molecular complexity index is 289. The molecule has 1 saturated carbocycles. The summed E-state index contributed by atoms with van der Waals surface area (Å²) in [6.45, 7) is 13.3. The lowest BCUT2D eigenvalue weighted by Gasteiger charge is -2.44. The predicted octanol–water partition coefficient (Wildman–Crippen LogP) is 4.06. The van der Waals surface area contributed by atoms with Gasteiger partial charge in [0.15, 0.2) is 0 Å². The van der Waals surface area contributed by atoms with E-state index in [1.165, 1.54) is 64.6 Å². The Labute approximate surface area is 126 Å². The normalized spacial score (nSPS) is 35.9. The molecule has 20 heavy (non-hydrogen) atoms. The highest BCUT2D eigenvalue weighted by Gasteiger charge is 2.38. The molecule has 118 valence electrons. The van der Waals surface area contributed by atoms with Gasteiger partial charge in [0.25, 0.3) is 0 Å². The first-order valence-corrected chi connectivity index (χ1v) is 9.02. The zero-order valence-electron chi connectivity index (χ0n) is 14.3. The molecule has 1 saturated heterocycles. The van der Waals surface area contributed by atoms with Crippen LogP contribution in [0.2, 0.25) is 0 Å². The van der Waals surface area contributed by atoms with Crippen LogP contribution in [0.15, 0.2) is 0 Å². The van der Waals surface area contributed by atoms with E-state index in [1.54, 1.807) is 0 Å². The lowest BCUT2D eigenvalue weighted by Crippen LogP contribution is -2.49. The largest absolute Gasteiger partial charge is 0.314 e. The van der Waals surface area contributed by atoms with Crippen LogP contribution in [0.5, 0.6) is 0 Å². The van der Waals surface area contributed by atoms with Crippen molar-refractivity contribution in [3.8, 4) is 0 Å². The quantitative estimate of drug-likeness (QED) is 0.789. The van der Waals surface area contributed by atoms with Crippen LogP contribution in [-0.4, -0.2) is 36.6 Å². The van der Waals surface area contributed by atoms with Crippen molar-refractivity contribution in [2.75, 3.05) is 19.6 Å². The number of likely N-dealkylation sites (tertiary alicyclic amines) is 1. The molecule has 3 unspecified atom stereocenters. The Hall–Kier alpha value is -0.0800. The van der Waals surface area contributed by atoms with Gasteiger partial charge in [0.2, 0.25) is 0 Å². The van der Waals surface area contributed by atoms with Gasteiger partial charge in [0, 0.05) is 25.2 Å². The molecule has 0 aromatic heterocycles. The van der Waals surface area contributed by atoms with Gasteiger partial charge in [-0.25, -0.2) is 0 Å². The van der Waals surface area contributed by atoms with Gasteiger partial charge < -0.3 is 5.32 Å². The monoisotopic (exact) mass is 280 g/mol. The van der Waals surface area contributed by atoms with Crippen LogP contribution >= 0.6 is 0 Å². The summed E-state index contributed by atoms with van der Waals surface area (Å²) in [5, 5.41) is 3.76. The number of hydrogen-bond donors (Lipinski definition) is 1. The summed E-state index contributed by atoms with van der Waals surface area (Å²) < 4.78 is 0. The molecule has 0 spiro atoms. The first kappa shape index (κ1) is 16.3. The van der Waals surface area contributed by atoms with Crippen LogP contribution in [0.1, 0.15) is 72.6 Å². The molecule has 2 nitrogen and oxygen atoms in total. The summed E-state index contributed by atoms with van der Waals surface area (Å²) in [6.07, 6.45) is 9.93. The van der Waals surface area contributed by atoms with Crippen LogP contribution in [0.4, 0.5) is 0 Å². The number of nitrogens with zero attached hydrogens (tertiary/aromatic N) is 1. The minimum Gasteiger partial charge on any atom is -0.314 e. The average molecular weight is 281 g/mol. The maximum Gasteiger partial charge on any atom is 0.00933 e. The second-order valence-corrected chi connectivity index (χ2v) is 7.91. The molecule has 0 bridgehead atoms. The third-order valence-electron chi connectivity index (χ3n) is 5.58. The molecule has 0 aromatic rings. The Kier molecular flexibility index (Phi) is 5.92. The van der Waals surface area contributed by atoms with Gasteiger partial charge in [-0.3, -0.25) is 4.90 Å². The van der Waals surface area contributed by atoms with Crippen LogP contribution in [0.25, 0.3) is 0 Å². The van der Waals surface area contributed by atoms with E-state index in [2.05, 4.69) is 37.9 Å². The molecule has 2 aliphatic rings. The topological polar surface area (TPSA) is 15.3 Å². The number of rotatable bonds is 6. The van der Waals surface area contributed by atoms with E-state index in [4.69, 9.17) is 0 Å². The fraction of sp³-hybridized carbons (Fsp3) is 1.00. The molecule has 1 aliphatic carbocycles. The van der Waals surface area contributed by atoms with E-state index in [9.17, 15) is 0 Å². The summed E-state index contributed by atoms with van der Waals surface area (Å²) in [5.74, 6) is 0.917. The van der Waals surface area contributed by atoms with Crippen LogP contribution in [0, 0.1) is 11.3 Å². The van der Waals surface area contributed by atoms with Gasteiger partial charge in [-0.15, -0.1) is 0 Å². The van der Waals surface area contributed by atoms with Crippen molar-refractivity contribution >= 4 is 0 Å². The number of nitrogens with one attached hydrogen (secondary N) is 1. The molecular weight excluding hydrogens is 244 g/mol. The van der Waals surface area contributed by atoms with E-state index in [0.717, 1.165) is 12.0 Å². The Morgan fingerprint density at radius 1 is 1.25 bits per heavy atom. The second-order valence-electron chi connectivity index (χ2n) is 7.91. The second kappa shape index (κ2) is 7.26. The maximum atomic E-state index is 3.76. The van der Waals surface area contributed by atoms with E-state index >= 15 is 0 Å². The maximum absolute atomic E-state index is 3.76. The van der Waals surface area contributed by atoms with Crippen molar-refractivity contribution < 1.29 is 0 Å². The highest BCUT2D eigenvalue weighted by molar-refractivity contribution is 4.93. The van der Waals surface area contributed by atoms with Gasteiger partial charge in [-0.05, 0) is 50.0 Å². The van der Waals surface area contributed by atoms with Crippen molar-refractivity contribution in [1.29, 1.82) is 0 Å². The smallest absolute Gasteiger partial charge is 0.00933 e. The summed E-state index contributed by atoms with van der Waals surface area (Å²) >= 11 is 0. The summed E-state index contributed by atoms with van der Waals surface area (Å²) in [7, 11) is 0. The van der Waals surface area contributed by atoms with Crippen LogP contribution in [0.3, 0.4) is 0 Å². The van der Waals surface area contributed by atoms with Gasteiger partial charge in [0.1, 0.15) is 0 Å². The van der Waals surface area contributed by atoms with Crippen molar-refractivity contribution in [1.82, 2.24) is 10.2 Å². The van der Waals surface area contributed by atoms with Crippen LogP contribution < -0.4 is 5.32 Å². The molecular formula is C18H36N2. The molecule has 1 N–H and O–H groups in total. The molecule has 2 fully saturated rings. The minimum atomic E-state index is 0.541. The molecule has 2 rings (SSSR count). The van der Waals surface area contributed by atoms with Gasteiger partial charge in [0.05, 0.1) is 0 Å². The molecule has 0 radical (unpaired) electrons. The van der Waals surface area contributed by atoms with Gasteiger partial charge >= 0.3 is 0 Å². The average Bonchev–Trinajstić information content (AvgIpc) is 2.83. The Morgan fingerprint density at radius 3 is 2.70 bits per heavy atom. The molecule has 1 heterocycles. The van der Waals surface area contributed by atoms with E-state index in [0.29, 0.717) is 11.5 Å². The number of hydrogen-bond acceptors (Lipinski definition) is 2. The fourth-order valence-electron chi connectivity index (χ4n) is 4.55. The SMILES string of the molecule is CCC1CCCN1CC1(CNC(C)C)CCCC(C)C1. The zero-order chi connectivity index (χ0) is 14.6. The molecule has 0 aromatic carbocycles. The fourth-order valence-corrected chi connectivity index (χ4v) is 4.55. The summed E-state index contributed by atoms with van der Waals surface area (Å²) in [5.41, 5.74) is 0.541. The standard InChI is InChI=1S/C18H36N2/c1-5-17-9-7-11-20(17)14-18(13-19-15(2)3)10-6-8-16(4)12-18/h15-17,19H,5-14H2,1-4H3. The molecule has 0 amide bonds. The van der Waals surface area contributed by atoms with E-state index in [1.807, 2.05) is 0 Å². The molecule has 3 atom stereocenters. The van der Waals surface area contributed by atoms with Crippen molar-refractivity contribution in [2.45, 2.75) is 84.7 Å². The zero-order valence-corrected chi connectivity index (χ0v) is 14.3. The molecule has 2 heteroatoms. The molecule has 1 aliphatic heterocycles. The van der Waals surface area contributed by atoms with Crippen molar-refractivity contribution in [3.63, 3.8) is 0 Å². The summed E-state index contributed by atoms with van der Waals surface area (Å²) in [4.78, 5) is 2.82. The summed E-state index contributed by atoms with van der Waals surface area (Å²) in [6, 6.07) is 1.48. The Balaban J connectivity index is 2.01. The van der Waals surface area contributed by atoms with Crippen LogP contribution in [-0.2, 0) is 0 Å². The highest BCUT2D eigenvalue weighted by atomic mass is 15.2. The first-order chi connectivity index (χ1) is 9.54. The minimum absolute atomic E-state index is 0.541. The Morgan fingerprint density at radius 2 is 2.05 bits per heavy atom.